The van der Waals surface area contributed by atoms with E-state index in [2.05, 4.69) is 4.98 Å². The summed E-state index contributed by atoms with van der Waals surface area (Å²) in [5.74, 6) is -0.0740. The summed E-state index contributed by atoms with van der Waals surface area (Å²) >= 11 is 0. The third-order valence-electron chi connectivity index (χ3n) is 3.00. The van der Waals surface area contributed by atoms with Gasteiger partial charge >= 0.3 is 0 Å². The van der Waals surface area contributed by atoms with Gasteiger partial charge in [0.15, 0.2) is 0 Å². The maximum Gasteiger partial charge on any atom is 0.235 e. The van der Waals surface area contributed by atoms with E-state index in [-0.39, 0.29) is 12.5 Å². The van der Waals surface area contributed by atoms with Gasteiger partial charge in [0.05, 0.1) is 19.8 Å². The molecule has 1 aromatic rings. The predicted octanol–water partition coefficient (Wildman–Crippen LogP) is 0.0489. The number of aromatic nitrogens is 1. The number of rotatable bonds is 4. The molecule has 17 heavy (non-hydrogen) atoms. The van der Waals surface area contributed by atoms with Crippen LogP contribution in [0.15, 0.2) is 24.5 Å². The van der Waals surface area contributed by atoms with Gasteiger partial charge in [0, 0.05) is 26.0 Å². The van der Waals surface area contributed by atoms with Gasteiger partial charge in [0.1, 0.15) is 5.41 Å². The first-order valence-corrected chi connectivity index (χ1v) is 5.51. The van der Waals surface area contributed by atoms with E-state index in [4.69, 9.17) is 4.74 Å². The molecule has 0 aromatic carbocycles. The summed E-state index contributed by atoms with van der Waals surface area (Å²) in [5.41, 5.74) is 0.244. The highest BCUT2D eigenvalue weighted by Crippen LogP contribution is 2.29. The molecule has 5 heteroatoms. The van der Waals surface area contributed by atoms with Gasteiger partial charge in [0.2, 0.25) is 5.91 Å². The Hall–Kier alpha value is -1.46. The summed E-state index contributed by atoms with van der Waals surface area (Å²) < 4.78 is 5.03. The fourth-order valence-electron chi connectivity index (χ4n) is 1.87. The summed E-state index contributed by atoms with van der Waals surface area (Å²) in [5, 5.41) is 9.28. The van der Waals surface area contributed by atoms with E-state index >= 15 is 0 Å². The molecule has 1 amide bonds. The van der Waals surface area contributed by atoms with Gasteiger partial charge < -0.3 is 14.7 Å². The molecule has 1 saturated heterocycles. The Morgan fingerprint density at radius 3 is 2.88 bits per heavy atom. The summed E-state index contributed by atoms with van der Waals surface area (Å²) in [6.07, 6.45) is 3.42. The van der Waals surface area contributed by atoms with Crippen LogP contribution in [-0.4, -0.2) is 47.8 Å². The van der Waals surface area contributed by atoms with Crippen LogP contribution in [0.4, 0.5) is 0 Å². The molecule has 0 radical (unpaired) electrons. The van der Waals surface area contributed by atoms with Crippen molar-refractivity contribution in [2.45, 2.75) is 6.54 Å². The molecule has 1 fully saturated rings. The Kier molecular flexibility index (Phi) is 3.40. The van der Waals surface area contributed by atoms with Crippen LogP contribution >= 0.6 is 0 Å². The van der Waals surface area contributed by atoms with E-state index in [1.807, 2.05) is 12.1 Å². The average molecular weight is 236 g/mol. The van der Waals surface area contributed by atoms with E-state index < -0.39 is 5.41 Å². The SMILES string of the molecule is CN(Cc1cccnc1)C(=O)C1(CO)COC1. The van der Waals surface area contributed by atoms with Crippen molar-refractivity contribution >= 4 is 5.91 Å². The molecule has 0 unspecified atom stereocenters. The van der Waals surface area contributed by atoms with E-state index in [0.717, 1.165) is 5.56 Å². The molecule has 2 rings (SSSR count). The van der Waals surface area contributed by atoms with Crippen LogP contribution in [0.3, 0.4) is 0 Å². The highest BCUT2D eigenvalue weighted by molar-refractivity contribution is 5.83. The highest BCUT2D eigenvalue weighted by atomic mass is 16.5. The van der Waals surface area contributed by atoms with Crippen LogP contribution in [0.1, 0.15) is 5.56 Å². The first-order chi connectivity index (χ1) is 8.18. The van der Waals surface area contributed by atoms with Gasteiger partial charge in [-0.25, -0.2) is 0 Å². The third kappa shape index (κ3) is 2.30. The van der Waals surface area contributed by atoms with E-state index in [9.17, 15) is 9.90 Å². The van der Waals surface area contributed by atoms with Crippen molar-refractivity contribution in [3.63, 3.8) is 0 Å². The Bertz CT molecular complexity index is 384. The lowest BCUT2D eigenvalue weighted by Crippen LogP contribution is -2.56. The Morgan fingerprint density at radius 1 is 1.65 bits per heavy atom. The smallest absolute Gasteiger partial charge is 0.235 e. The van der Waals surface area contributed by atoms with Crippen molar-refractivity contribution in [3.8, 4) is 0 Å². The van der Waals surface area contributed by atoms with Gasteiger partial charge in [-0.05, 0) is 11.6 Å². The Morgan fingerprint density at radius 2 is 2.41 bits per heavy atom. The first-order valence-electron chi connectivity index (χ1n) is 5.51. The number of hydrogen-bond acceptors (Lipinski definition) is 4. The van der Waals surface area contributed by atoms with Crippen molar-refractivity contribution in [3.05, 3.63) is 30.1 Å². The van der Waals surface area contributed by atoms with Crippen LogP contribution in [0.25, 0.3) is 0 Å². The van der Waals surface area contributed by atoms with Crippen molar-refractivity contribution in [1.82, 2.24) is 9.88 Å². The standard InChI is InChI=1S/C12H16N2O3/c1-14(6-10-3-2-4-13-5-10)11(16)12(7-15)8-17-9-12/h2-5,15H,6-9H2,1H3. The zero-order valence-electron chi connectivity index (χ0n) is 9.80. The van der Waals surface area contributed by atoms with Crippen LogP contribution in [0.2, 0.25) is 0 Å². The molecule has 0 bridgehead atoms. The summed E-state index contributed by atoms with van der Waals surface area (Å²) in [6.45, 7) is 0.942. The predicted molar refractivity (Wildman–Crippen MR) is 61.0 cm³/mol. The molecule has 0 saturated carbocycles. The lowest BCUT2D eigenvalue weighted by Gasteiger charge is -2.40. The van der Waals surface area contributed by atoms with Gasteiger partial charge in [-0.15, -0.1) is 0 Å². The molecule has 1 aliphatic heterocycles. The third-order valence-corrected chi connectivity index (χ3v) is 3.00. The quantitative estimate of drug-likeness (QED) is 0.802. The van der Waals surface area contributed by atoms with Crippen molar-refractivity contribution in [2.75, 3.05) is 26.9 Å². The van der Waals surface area contributed by atoms with Crippen molar-refractivity contribution in [1.29, 1.82) is 0 Å². The molecular formula is C12H16N2O3. The monoisotopic (exact) mass is 236 g/mol. The molecule has 0 atom stereocenters. The molecule has 0 spiro atoms. The van der Waals surface area contributed by atoms with Gasteiger partial charge in [0.25, 0.3) is 0 Å². The molecule has 1 N–H and O–H groups in total. The number of carbonyl (C=O) groups excluding carboxylic acids is 1. The van der Waals surface area contributed by atoms with Crippen molar-refractivity contribution in [2.24, 2.45) is 5.41 Å². The minimum Gasteiger partial charge on any atom is -0.395 e. The molecule has 2 heterocycles. The van der Waals surface area contributed by atoms with Crippen LogP contribution < -0.4 is 0 Å². The number of nitrogens with zero attached hydrogens (tertiary/aromatic N) is 2. The molecule has 1 aliphatic rings. The van der Waals surface area contributed by atoms with Gasteiger partial charge in [-0.3, -0.25) is 9.78 Å². The number of aliphatic hydroxyl groups excluding tert-OH is 1. The first kappa shape index (κ1) is 12.0. The van der Waals surface area contributed by atoms with E-state index in [1.54, 1.807) is 24.3 Å². The maximum absolute atomic E-state index is 12.1. The fraction of sp³-hybridized carbons (Fsp3) is 0.500. The molecule has 1 aromatic heterocycles. The minimum absolute atomic E-state index is 0.0740. The number of amides is 1. The number of hydrogen-bond donors (Lipinski definition) is 1. The number of carbonyl (C=O) groups is 1. The molecule has 5 nitrogen and oxygen atoms in total. The molecular weight excluding hydrogens is 220 g/mol. The lowest BCUT2D eigenvalue weighted by molar-refractivity contribution is -0.179. The fourth-order valence-corrected chi connectivity index (χ4v) is 1.87. The highest BCUT2D eigenvalue weighted by Gasteiger charge is 2.46. The Balaban J connectivity index is 2.00. The molecule has 92 valence electrons. The second-order valence-corrected chi connectivity index (χ2v) is 4.45. The second-order valence-electron chi connectivity index (χ2n) is 4.45. The lowest BCUT2D eigenvalue weighted by atomic mass is 9.85. The number of aliphatic hydroxyl groups is 1. The zero-order chi connectivity index (χ0) is 12.3. The summed E-state index contributed by atoms with van der Waals surface area (Å²) in [6, 6.07) is 3.75. The van der Waals surface area contributed by atoms with Gasteiger partial charge in [-0.2, -0.15) is 0 Å². The van der Waals surface area contributed by atoms with Crippen LogP contribution in [-0.2, 0) is 16.1 Å². The topological polar surface area (TPSA) is 62.7 Å². The van der Waals surface area contributed by atoms with Gasteiger partial charge in [-0.1, -0.05) is 6.07 Å². The zero-order valence-corrected chi connectivity index (χ0v) is 9.80. The second kappa shape index (κ2) is 4.81. The normalized spacial score (nSPS) is 17.3. The number of pyridine rings is 1. The van der Waals surface area contributed by atoms with Crippen LogP contribution in [0.5, 0.6) is 0 Å². The maximum atomic E-state index is 12.1. The van der Waals surface area contributed by atoms with Crippen LogP contribution in [0, 0.1) is 5.41 Å². The largest absolute Gasteiger partial charge is 0.395 e. The minimum atomic E-state index is -0.725. The molecule has 0 aliphatic carbocycles. The average Bonchev–Trinajstić information content (AvgIpc) is 2.29. The summed E-state index contributed by atoms with van der Waals surface area (Å²) in [4.78, 5) is 17.8. The van der Waals surface area contributed by atoms with E-state index in [1.165, 1.54) is 0 Å². The Labute approximate surface area is 100 Å². The van der Waals surface area contributed by atoms with E-state index in [0.29, 0.717) is 19.8 Å². The summed E-state index contributed by atoms with van der Waals surface area (Å²) in [7, 11) is 1.73. The van der Waals surface area contributed by atoms with Crippen molar-refractivity contribution < 1.29 is 14.6 Å². The number of ether oxygens (including phenoxy) is 1.